The molecule has 186 valence electrons. The molecule has 1 fully saturated rings. The minimum Gasteiger partial charge on any atom is -0.208 e. The fourth-order valence-electron chi connectivity index (χ4n) is 5.37. The molecule has 0 aliphatic heterocycles. The van der Waals surface area contributed by atoms with Crippen molar-refractivity contribution in [3.63, 3.8) is 0 Å². The SMILES string of the molecule is CCCc1ccc(-c2ccc(C3CCC(/C=C/C4=CC[C@H](CC)C(F)=C4F)CC3)c(F)c2F)cc1. The van der Waals surface area contributed by atoms with E-state index in [1.54, 1.807) is 24.3 Å². The van der Waals surface area contributed by atoms with Gasteiger partial charge in [-0.1, -0.05) is 74.9 Å². The zero-order valence-corrected chi connectivity index (χ0v) is 20.6. The van der Waals surface area contributed by atoms with Crippen LogP contribution in [-0.4, -0.2) is 0 Å². The maximum Gasteiger partial charge on any atom is 0.166 e. The molecule has 0 radical (unpaired) electrons. The maximum atomic E-state index is 15.1. The Kier molecular flexibility index (Phi) is 8.30. The van der Waals surface area contributed by atoms with Gasteiger partial charge in [-0.15, -0.1) is 0 Å². The second-order valence-corrected chi connectivity index (χ2v) is 9.91. The van der Waals surface area contributed by atoms with Crippen LogP contribution in [0.15, 0.2) is 71.9 Å². The number of rotatable bonds is 7. The molecule has 2 aliphatic carbocycles. The molecular formula is C31H34F4. The molecular weight excluding hydrogens is 448 g/mol. The van der Waals surface area contributed by atoms with Gasteiger partial charge in [0.1, 0.15) is 5.83 Å². The lowest BCUT2D eigenvalue weighted by Gasteiger charge is -2.28. The number of benzene rings is 2. The third-order valence-corrected chi connectivity index (χ3v) is 7.61. The quantitative estimate of drug-likeness (QED) is 0.344. The number of halogens is 4. The molecule has 0 amide bonds. The molecule has 4 heteroatoms. The van der Waals surface area contributed by atoms with Gasteiger partial charge in [0.15, 0.2) is 17.5 Å². The second kappa shape index (κ2) is 11.4. The summed E-state index contributed by atoms with van der Waals surface area (Å²) in [5, 5.41) is 0. The number of aryl methyl sites for hydroxylation is 1. The van der Waals surface area contributed by atoms with E-state index in [1.807, 2.05) is 37.3 Å². The van der Waals surface area contributed by atoms with Crippen LogP contribution in [-0.2, 0) is 6.42 Å². The minimum atomic E-state index is -0.785. The van der Waals surface area contributed by atoms with Crippen molar-refractivity contribution in [3.8, 4) is 11.1 Å². The minimum absolute atomic E-state index is 0.0385. The summed E-state index contributed by atoms with van der Waals surface area (Å²) < 4.78 is 58.5. The zero-order valence-electron chi connectivity index (χ0n) is 20.6. The highest BCUT2D eigenvalue weighted by molar-refractivity contribution is 5.65. The van der Waals surface area contributed by atoms with E-state index < -0.39 is 23.3 Å². The van der Waals surface area contributed by atoms with Crippen LogP contribution in [0.2, 0.25) is 0 Å². The van der Waals surface area contributed by atoms with Gasteiger partial charge in [-0.2, -0.15) is 0 Å². The molecule has 2 aromatic carbocycles. The molecule has 0 unspecified atom stereocenters. The van der Waals surface area contributed by atoms with Gasteiger partial charge >= 0.3 is 0 Å². The molecule has 4 rings (SSSR count). The van der Waals surface area contributed by atoms with Gasteiger partial charge in [-0.25, -0.2) is 17.6 Å². The average molecular weight is 483 g/mol. The average Bonchev–Trinajstić information content (AvgIpc) is 2.88. The molecule has 0 heterocycles. The van der Waals surface area contributed by atoms with Crippen LogP contribution in [0.25, 0.3) is 11.1 Å². The van der Waals surface area contributed by atoms with Crippen LogP contribution < -0.4 is 0 Å². The van der Waals surface area contributed by atoms with Gasteiger partial charge in [0.05, 0.1) is 0 Å². The lowest BCUT2D eigenvalue weighted by Crippen LogP contribution is -2.14. The summed E-state index contributed by atoms with van der Waals surface area (Å²) in [5.41, 5.74) is 2.92. The summed E-state index contributed by atoms with van der Waals surface area (Å²) in [6.45, 7) is 3.97. The Hall–Kier alpha value is -2.62. The van der Waals surface area contributed by atoms with Crippen molar-refractivity contribution >= 4 is 0 Å². The van der Waals surface area contributed by atoms with Gasteiger partial charge in [0.2, 0.25) is 0 Å². The number of hydrogen-bond donors (Lipinski definition) is 0. The largest absolute Gasteiger partial charge is 0.208 e. The number of hydrogen-bond acceptors (Lipinski definition) is 0. The van der Waals surface area contributed by atoms with Gasteiger partial charge in [-0.05, 0) is 73.5 Å². The fraction of sp³-hybridized carbons (Fsp3) is 0.419. The van der Waals surface area contributed by atoms with Crippen LogP contribution >= 0.6 is 0 Å². The smallest absolute Gasteiger partial charge is 0.166 e. The molecule has 0 saturated heterocycles. The maximum absolute atomic E-state index is 15.1. The summed E-state index contributed by atoms with van der Waals surface area (Å²) in [6, 6.07) is 11.1. The van der Waals surface area contributed by atoms with E-state index in [2.05, 4.69) is 6.92 Å². The van der Waals surface area contributed by atoms with E-state index in [9.17, 15) is 8.78 Å². The summed E-state index contributed by atoms with van der Waals surface area (Å²) in [5.74, 6) is -3.10. The monoisotopic (exact) mass is 482 g/mol. The van der Waals surface area contributed by atoms with Gasteiger partial charge < -0.3 is 0 Å². The standard InChI is InChI=1S/C31H34F4/c1-3-5-20-6-11-23(12-7-20)26-18-19-27(31(35)30(26)34)24-13-8-21(9-14-24)10-15-25-17-16-22(4-2)28(32)29(25)33/h6-7,10-12,15,17-19,21-22,24H,3-5,8-9,13-14,16H2,1-2H3/b15-10+/t21?,22-,24?/m0/s1. The number of allylic oxidation sites excluding steroid dienone is 6. The Labute approximate surface area is 206 Å². The van der Waals surface area contributed by atoms with Gasteiger partial charge in [-0.3, -0.25) is 0 Å². The Morgan fingerprint density at radius 3 is 2.23 bits per heavy atom. The Balaban J connectivity index is 1.40. The van der Waals surface area contributed by atoms with Crippen molar-refractivity contribution in [2.45, 2.75) is 71.1 Å². The molecule has 1 atom stereocenters. The first-order chi connectivity index (χ1) is 16.9. The van der Waals surface area contributed by atoms with Crippen molar-refractivity contribution in [3.05, 3.63) is 94.6 Å². The topological polar surface area (TPSA) is 0 Å². The Morgan fingerprint density at radius 2 is 1.57 bits per heavy atom. The van der Waals surface area contributed by atoms with E-state index in [0.717, 1.165) is 38.5 Å². The highest BCUT2D eigenvalue weighted by Gasteiger charge is 2.27. The fourth-order valence-corrected chi connectivity index (χ4v) is 5.37. The lowest BCUT2D eigenvalue weighted by atomic mass is 9.78. The highest BCUT2D eigenvalue weighted by Crippen LogP contribution is 2.40. The van der Waals surface area contributed by atoms with Crippen LogP contribution in [0.3, 0.4) is 0 Å². The summed E-state index contributed by atoms with van der Waals surface area (Å²) >= 11 is 0. The van der Waals surface area contributed by atoms with Crippen molar-refractivity contribution in [1.29, 1.82) is 0 Å². The summed E-state index contributed by atoms with van der Waals surface area (Å²) in [7, 11) is 0. The van der Waals surface area contributed by atoms with Crippen molar-refractivity contribution in [2.24, 2.45) is 11.8 Å². The first-order valence-electron chi connectivity index (χ1n) is 12.9. The van der Waals surface area contributed by atoms with E-state index in [-0.39, 0.29) is 17.8 Å². The molecule has 1 saturated carbocycles. The van der Waals surface area contributed by atoms with Crippen LogP contribution in [0.5, 0.6) is 0 Å². The van der Waals surface area contributed by atoms with E-state index in [0.29, 0.717) is 35.1 Å². The molecule has 35 heavy (non-hydrogen) atoms. The first kappa shape index (κ1) is 25.5. The molecule has 0 N–H and O–H groups in total. The third kappa shape index (κ3) is 5.63. The van der Waals surface area contributed by atoms with Gasteiger partial charge in [0, 0.05) is 17.1 Å². The molecule has 0 bridgehead atoms. The first-order valence-corrected chi connectivity index (χ1v) is 12.9. The Morgan fingerprint density at radius 1 is 0.857 bits per heavy atom. The summed E-state index contributed by atoms with van der Waals surface area (Å²) in [6.07, 6.45) is 11.6. The molecule has 2 aliphatic rings. The van der Waals surface area contributed by atoms with E-state index in [1.165, 1.54) is 5.56 Å². The van der Waals surface area contributed by atoms with Crippen molar-refractivity contribution in [2.75, 3.05) is 0 Å². The second-order valence-electron chi connectivity index (χ2n) is 9.91. The third-order valence-electron chi connectivity index (χ3n) is 7.61. The Bertz CT molecular complexity index is 1120. The lowest BCUT2D eigenvalue weighted by molar-refractivity contribution is 0.364. The van der Waals surface area contributed by atoms with Gasteiger partial charge in [0.25, 0.3) is 0 Å². The normalized spacial score (nSPS) is 23.1. The van der Waals surface area contributed by atoms with Crippen LogP contribution in [0.4, 0.5) is 17.6 Å². The van der Waals surface area contributed by atoms with Crippen LogP contribution in [0.1, 0.15) is 75.8 Å². The molecule has 0 spiro atoms. The predicted molar refractivity (Wildman–Crippen MR) is 135 cm³/mol. The predicted octanol–water partition coefficient (Wildman–Crippen LogP) is 9.92. The van der Waals surface area contributed by atoms with Crippen molar-refractivity contribution in [1.82, 2.24) is 0 Å². The van der Waals surface area contributed by atoms with E-state index in [4.69, 9.17) is 0 Å². The molecule has 0 aromatic heterocycles. The summed E-state index contributed by atoms with van der Waals surface area (Å²) in [4.78, 5) is 0. The molecule has 0 nitrogen and oxygen atoms in total. The van der Waals surface area contributed by atoms with E-state index >= 15 is 8.78 Å². The van der Waals surface area contributed by atoms with Crippen molar-refractivity contribution < 1.29 is 17.6 Å². The highest BCUT2D eigenvalue weighted by atomic mass is 19.2. The van der Waals surface area contributed by atoms with Crippen LogP contribution in [0, 0.1) is 23.5 Å². The zero-order chi connectivity index (χ0) is 24.9. The molecule has 2 aromatic rings.